The SMILES string of the molecule is Cc1ncc([N+](=O)[O-])n1CCOC(=O)N1c2ccccc2Sc2ccccc21.Cc1ncc([N+](=O)[O-])n1CCOC(=O)c1cc(-c2ccccc2)nc2ccccc12.Cc1ncc([N+](=O)[O-])n1CCOC(=O)c1cc(C(=O)OCCn2c([N+](=O)[O-])cnc2C)cc([N+](=O)[O-])c1.Cc1ncc([N+](=O)[O-])n1CCOC(=O)c1ccc([N+](=O)[O-])o1.Cc1ncc([N+](=O)[O-])n1CCOC(=O)c1cccnc1. The van der Waals surface area contributed by atoms with Crippen LogP contribution in [0.15, 0.2) is 215 Å². The van der Waals surface area contributed by atoms with Crippen molar-refractivity contribution in [1.29, 1.82) is 0 Å². The molecular weight excluding hydrogens is 1830 g/mol. The van der Waals surface area contributed by atoms with Crippen LogP contribution in [0.3, 0.4) is 0 Å². The van der Waals surface area contributed by atoms with Crippen molar-refractivity contribution in [2.45, 2.75) is 90.6 Å². The molecule has 0 bridgehead atoms. The molecule has 5 aromatic carbocycles. The quantitative estimate of drug-likeness (QED) is 0.0163. The van der Waals surface area contributed by atoms with Gasteiger partial charge in [-0.3, -0.25) is 25.2 Å². The molecule has 0 atom stereocenters. The fraction of sp³-hybridized carbons (Fsp3) is 0.214. The number of carbonyl (C=O) groups is 6. The zero-order valence-electron chi connectivity index (χ0n) is 72.6. The van der Waals surface area contributed by atoms with Gasteiger partial charge in [0.25, 0.3) is 5.69 Å². The molecule has 0 aliphatic carbocycles. The van der Waals surface area contributed by atoms with E-state index in [0.29, 0.717) is 62.7 Å². The van der Waals surface area contributed by atoms with Gasteiger partial charge < -0.3 is 93.5 Å². The number of rotatable bonds is 32. The van der Waals surface area contributed by atoms with Gasteiger partial charge in [0.1, 0.15) is 121 Å². The van der Waals surface area contributed by atoms with Gasteiger partial charge in [-0.15, -0.1) is 0 Å². The average Bonchev–Trinajstić information content (AvgIpc) is 1.47. The van der Waals surface area contributed by atoms with Crippen molar-refractivity contribution in [2.75, 3.05) is 44.5 Å². The van der Waals surface area contributed by atoms with Crippen molar-refractivity contribution >= 4 is 116 Å². The summed E-state index contributed by atoms with van der Waals surface area (Å²) in [5.74, 6) is -3.53. The number of anilines is 2. The molecule has 0 N–H and O–H groups in total. The van der Waals surface area contributed by atoms with Gasteiger partial charge in [-0.05, 0) is 90.2 Å². The van der Waals surface area contributed by atoms with E-state index in [4.69, 9.17) is 28.4 Å². The normalized spacial score (nSPS) is 10.9. The summed E-state index contributed by atoms with van der Waals surface area (Å²) in [5.41, 5.74) is 3.26. The highest BCUT2D eigenvalue weighted by Crippen LogP contribution is 2.48. The Balaban J connectivity index is 0.000000167. The first-order chi connectivity index (χ1) is 65.6. The molecule has 1 aliphatic heterocycles. The molecule has 0 spiro atoms. The number of imidazole rings is 6. The van der Waals surface area contributed by atoms with Crippen molar-refractivity contribution in [3.8, 4) is 11.3 Å². The van der Waals surface area contributed by atoms with Gasteiger partial charge >= 0.3 is 76.7 Å². The van der Waals surface area contributed by atoms with Crippen LogP contribution in [0.25, 0.3) is 22.2 Å². The van der Waals surface area contributed by atoms with Gasteiger partial charge in [0.05, 0.1) is 55.8 Å². The Morgan fingerprint density at radius 2 is 0.708 bits per heavy atom. The zero-order chi connectivity index (χ0) is 98.8. The number of carbonyl (C=O) groups excluding carboxylic acids is 6. The summed E-state index contributed by atoms with van der Waals surface area (Å²) in [6.45, 7) is 9.09. The average molecular weight is 1900 g/mol. The monoisotopic (exact) mass is 1900 g/mol. The number of nitro benzene ring substituents is 1. The Kier molecular flexibility index (Phi) is 33.1. The summed E-state index contributed by atoms with van der Waals surface area (Å²) in [5, 5.41) is 88.3. The number of pyridine rings is 2. The minimum Gasteiger partial charge on any atom is -0.458 e. The van der Waals surface area contributed by atoms with Crippen LogP contribution in [-0.2, 0) is 67.7 Å². The number of nitrogens with zero attached hydrogens (tertiary/aromatic N) is 23. The molecule has 9 aromatic heterocycles. The number of hydrogen-bond donors (Lipinski definition) is 0. The highest BCUT2D eigenvalue weighted by Gasteiger charge is 2.32. The molecule has 10 heterocycles. The lowest BCUT2D eigenvalue weighted by Gasteiger charge is -2.30. The number of fused-ring (bicyclic) bond motifs is 3. The van der Waals surface area contributed by atoms with Gasteiger partial charge in [0.2, 0.25) is 5.76 Å². The van der Waals surface area contributed by atoms with Crippen LogP contribution >= 0.6 is 11.8 Å². The van der Waals surface area contributed by atoms with Gasteiger partial charge in [-0.25, -0.2) is 96.0 Å². The second-order valence-electron chi connectivity index (χ2n) is 28.2. The van der Waals surface area contributed by atoms with Crippen molar-refractivity contribution in [3.63, 3.8) is 0 Å². The first-order valence-corrected chi connectivity index (χ1v) is 41.0. The largest absolute Gasteiger partial charge is 0.458 e. The maximum Gasteiger partial charge on any atom is 0.433 e. The second-order valence-corrected chi connectivity index (χ2v) is 29.3. The molecule has 1 amide bonds. The van der Waals surface area contributed by atoms with Gasteiger partial charge in [-0.1, -0.05) is 84.6 Å². The number of furan rings is 1. The molecule has 706 valence electrons. The molecule has 14 aromatic rings. The summed E-state index contributed by atoms with van der Waals surface area (Å²) in [7, 11) is 0. The summed E-state index contributed by atoms with van der Waals surface area (Å²) >= 11 is 1.60. The number of aryl methyl sites for hydroxylation is 6. The van der Waals surface area contributed by atoms with E-state index in [9.17, 15) is 110 Å². The molecule has 137 heavy (non-hydrogen) atoms. The highest BCUT2D eigenvalue weighted by molar-refractivity contribution is 7.99. The third kappa shape index (κ3) is 25.1. The predicted molar refractivity (Wildman–Crippen MR) is 473 cm³/mol. The van der Waals surface area contributed by atoms with E-state index >= 15 is 0 Å². The molecule has 53 heteroatoms. The van der Waals surface area contributed by atoms with E-state index in [1.165, 1.54) is 70.9 Å². The van der Waals surface area contributed by atoms with Crippen molar-refractivity contribution in [2.24, 2.45) is 0 Å². The Labute approximate surface area is 772 Å². The van der Waals surface area contributed by atoms with Crippen LogP contribution in [0, 0.1) is 122 Å². The first kappa shape index (κ1) is 99.0. The van der Waals surface area contributed by atoms with E-state index in [1.54, 1.807) is 63.9 Å². The molecule has 0 saturated heterocycles. The topological polar surface area (TPSA) is 652 Å². The molecule has 0 radical (unpaired) electrons. The van der Waals surface area contributed by atoms with Gasteiger partial charge in [0, 0.05) is 86.8 Å². The number of ether oxygens (including phenoxy) is 6. The van der Waals surface area contributed by atoms with E-state index in [1.807, 2.05) is 103 Å². The number of hydrogen-bond acceptors (Lipinski definition) is 38. The van der Waals surface area contributed by atoms with Crippen LogP contribution in [0.5, 0.6) is 0 Å². The summed E-state index contributed by atoms with van der Waals surface area (Å²) in [4.78, 5) is 192. The smallest absolute Gasteiger partial charge is 0.433 e. The van der Waals surface area contributed by atoms with Crippen molar-refractivity contribution < 1.29 is 101 Å². The number of amides is 1. The third-order valence-electron chi connectivity index (χ3n) is 19.7. The summed E-state index contributed by atoms with van der Waals surface area (Å²) in [6.07, 6.45) is 9.21. The maximum atomic E-state index is 12.9. The lowest BCUT2D eigenvalue weighted by Crippen LogP contribution is -2.30. The van der Waals surface area contributed by atoms with E-state index < -0.39 is 86.9 Å². The predicted octanol–water partition coefficient (Wildman–Crippen LogP) is 13.7. The summed E-state index contributed by atoms with van der Waals surface area (Å²) < 4.78 is 43.6. The van der Waals surface area contributed by atoms with Crippen LogP contribution in [0.2, 0.25) is 0 Å². The number of para-hydroxylation sites is 3. The number of non-ortho nitro benzene ring substituents is 1. The minimum atomic E-state index is -1.01. The van der Waals surface area contributed by atoms with Crippen LogP contribution in [0.4, 0.5) is 62.6 Å². The van der Waals surface area contributed by atoms with Crippen molar-refractivity contribution in [3.05, 3.63) is 345 Å². The minimum absolute atomic E-state index is 0.00908. The number of aromatic nitrogens is 14. The third-order valence-corrected chi connectivity index (χ3v) is 20.8. The fourth-order valence-electron chi connectivity index (χ4n) is 13.1. The van der Waals surface area contributed by atoms with Gasteiger partial charge in [0.15, 0.2) is 34.9 Å². The first-order valence-electron chi connectivity index (χ1n) is 40.2. The Hall–Kier alpha value is -18.6. The Morgan fingerprint density at radius 1 is 0.350 bits per heavy atom. The lowest BCUT2D eigenvalue weighted by atomic mass is 10.0. The van der Waals surface area contributed by atoms with E-state index in [0.717, 1.165) is 75.7 Å². The van der Waals surface area contributed by atoms with Gasteiger partial charge in [-0.2, -0.15) is 0 Å². The highest BCUT2D eigenvalue weighted by atomic mass is 32.2. The maximum absolute atomic E-state index is 12.9. The molecule has 52 nitrogen and oxygen atoms in total. The second kappa shape index (κ2) is 45.8. The molecule has 0 unspecified atom stereocenters. The van der Waals surface area contributed by atoms with Crippen LogP contribution in [-0.4, -0.2) is 182 Å². The Morgan fingerprint density at radius 3 is 1.08 bits per heavy atom. The summed E-state index contributed by atoms with van der Waals surface area (Å²) in [6, 6.07) is 42.1. The van der Waals surface area contributed by atoms with Crippen molar-refractivity contribution in [1.82, 2.24) is 67.3 Å². The standard InChI is InChI=1S/C22H18N4O4.C20H19N7O10.C19H16N4O4S.C12H12N4O4.C11H10N4O7/c1-15-23-14-21(26(28)29)25(15)11-12-30-22(27)18-13-20(16-7-3-2-4-8-16)24-19-10-6-5-9-17(18)19;1-12-21-10-17(26(32)33)23(12)3-5-36-19(28)14-7-15(9-16(8-14)25(30)31)20(29)37-6-4-24-13(2)22-11-18(24)27(34)35;1-13-20-12-18(23(25)26)21(13)10-11-27-19(24)22-14-6-2-4-8-16(14)28-17-9-5-3-7-15(17)22;1-9-14-8-11(16(18)19)15(9)5-6-20-12(17)10-3-2-4-13-7-10;1-7-12-6-9(14(17)18)13(7)4-5-21-11(16)8-2-3-10(22-8)15(19)20/h2-10,13-14H,11-12H2,1H3;7-11H,3-6H2,1-2H3;2-9,12H,10-11H2,1H3;2-4,7-8H,5-6H2,1H3;2-3,6H,4-5H2,1H3. The number of nitro groups is 8. The molecular formula is C84H75N23O29S. The molecule has 15 rings (SSSR count). The number of esters is 5. The lowest BCUT2D eigenvalue weighted by molar-refractivity contribution is -0.402. The number of benzene rings is 5. The molecule has 0 fully saturated rings. The fourth-order valence-corrected chi connectivity index (χ4v) is 14.1. The Bertz CT molecular complexity index is 6770. The van der Waals surface area contributed by atoms with Crippen LogP contribution in [0.1, 0.15) is 86.9 Å². The molecule has 1 aliphatic rings. The van der Waals surface area contributed by atoms with E-state index in [2.05, 4.69) is 44.3 Å². The van der Waals surface area contributed by atoms with Crippen LogP contribution < -0.4 is 4.90 Å². The zero-order valence-corrected chi connectivity index (χ0v) is 73.4. The van der Waals surface area contributed by atoms with E-state index in [-0.39, 0.29) is 131 Å². The molecule has 0 saturated carbocycles.